The highest BCUT2D eigenvalue weighted by atomic mass is 16.6. The van der Waals surface area contributed by atoms with E-state index >= 15 is 0 Å². The van der Waals surface area contributed by atoms with E-state index in [0.717, 1.165) is 16.7 Å². The van der Waals surface area contributed by atoms with Gasteiger partial charge in [-0.05, 0) is 65.9 Å². The fraction of sp³-hybridized carbons (Fsp3) is 0.485. The number of allylic oxidation sites excluding steroid dienone is 8. The molecular weight excluding hydrogens is 536 g/mol. The Morgan fingerprint density at radius 1 is 1.14 bits per heavy atom. The van der Waals surface area contributed by atoms with Gasteiger partial charge in [-0.1, -0.05) is 66.2 Å². The van der Waals surface area contributed by atoms with E-state index in [0.29, 0.717) is 38.5 Å². The molecule has 0 spiro atoms. The maximum Gasteiger partial charge on any atom is 0.404 e. The molecule has 2 amide bonds. The molecule has 0 aromatic rings. The Balaban J connectivity index is 3.06. The predicted molar refractivity (Wildman–Crippen MR) is 165 cm³/mol. The fourth-order valence-corrected chi connectivity index (χ4v) is 4.20. The van der Waals surface area contributed by atoms with Crippen LogP contribution in [0, 0.1) is 5.92 Å². The highest BCUT2D eigenvalue weighted by Crippen LogP contribution is 2.21. The molecule has 5 N–H and O–H groups in total. The molecule has 1 rings (SSSR count). The maximum absolute atomic E-state index is 12.6. The molecular formula is C33H48N2O7. The van der Waals surface area contributed by atoms with Gasteiger partial charge >= 0.3 is 12.1 Å². The van der Waals surface area contributed by atoms with E-state index in [1.165, 1.54) is 18.2 Å². The van der Waals surface area contributed by atoms with Crippen molar-refractivity contribution in [2.75, 3.05) is 0 Å². The lowest BCUT2D eigenvalue weighted by Crippen LogP contribution is -2.40. The normalized spacial score (nSPS) is 27.8. The monoisotopic (exact) mass is 584 g/mol. The average Bonchev–Trinajstić information content (AvgIpc) is 2.89. The van der Waals surface area contributed by atoms with E-state index in [2.05, 4.69) is 5.32 Å². The van der Waals surface area contributed by atoms with Crippen LogP contribution in [-0.4, -0.2) is 52.6 Å². The molecule has 0 aromatic heterocycles. The van der Waals surface area contributed by atoms with E-state index in [1.54, 1.807) is 24.4 Å². The van der Waals surface area contributed by atoms with Gasteiger partial charge in [0.05, 0.1) is 0 Å². The van der Waals surface area contributed by atoms with E-state index in [1.807, 2.05) is 58.9 Å². The molecule has 0 saturated heterocycles. The number of nitrogens with one attached hydrogen (secondary N) is 1. The second-order valence-corrected chi connectivity index (χ2v) is 10.7. The summed E-state index contributed by atoms with van der Waals surface area (Å²) < 4.78 is 10.9. The molecule has 42 heavy (non-hydrogen) atoms. The number of ether oxygens (including phenoxy) is 2. The summed E-state index contributed by atoms with van der Waals surface area (Å²) in [5.74, 6) is -0.755. The number of carbonyl (C=O) groups excluding carboxylic acids is 3. The van der Waals surface area contributed by atoms with E-state index in [9.17, 15) is 24.6 Å². The number of primary amides is 1. The summed E-state index contributed by atoms with van der Waals surface area (Å²) in [7, 11) is 0. The molecule has 9 nitrogen and oxygen atoms in total. The lowest BCUT2D eigenvalue weighted by atomic mass is 9.95. The van der Waals surface area contributed by atoms with Gasteiger partial charge in [-0.3, -0.25) is 4.79 Å². The Hall–Kier alpha value is -3.69. The average molecular weight is 585 g/mol. The minimum Gasteiger partial charge on any atom is -0.458 e. The van der Waals surface area contributed by atoms with Gasteiger partial charge < -0.3 is 30.7 Å². The van der Waals surface area contributed by atoms with Crippen LogP contribution >= 0.6 is 0 Å². The van der Waals surface area contributed by atoms with Crippen LogP contribution in [0.5, 0.6) is 0 Å². The van der Waals surface area contributed by atoms with Crippen LogP contribution in [0.4, 0.5) is 4.79 Å². The van der Waals surface area contributed by atoms with Crippen molar-refractivity contribution in [2.45, 2.75) is 97.6 Å². The van der Waals surface area contributed by atoms with Gasteiger partial charge in [-0.15, -0.1) is 0 Å². The molecule has 1 aliphatic heterocycles. The number of aliphatic hydroxyl groups is 2. The number of aliphatic hydroxyl groups excluding tert-OH is 2. The summed E-state index contributed by atoms with van der Waals surface area (Å²) in [6.07, 6.45) is 17.2. The maximum atomic E-state index is 12.6. The molecule has 0 unspecified atom stereocenters. The number of carbonyl (C=O) groups is 3. The highest BCUT2D eigenvalue weighted by Gasteiger charge is 2.27. The number of hydrogen-bond donors (Lipinski definition) is 4. The molecule has 5 atom stereocenters. The molecule has 232 valence electrons. The smallest absolute Gasteiger partial charge is 0.404 e. The molecule has 1 heterocycles. The van der Waals surface area contributed by atoms with Gasteiger partial charge in [0.15, 0.2) is 0 Å². The van der Waals surface area contributed by atoms with Gasteiger partial charge in [-0.2, -0.15) is 0 Å². The lowest BCUT2D eigenvalue weighted by Gasteiger charge is -2.24. The van der Waals surface area contributed by atoms with Gasteiger partial charge in [0.25, 0.3) is 0 Å². The van der Waals surface area contributed by atoms with Crippen molar-refractivity contribution in [1.82, 2.24) is 5.32 Å². The van der Waals surface area contributed by atoms with Crippen molar-refractivity contribution < 1.29 is 34.1 Å². The third-order valence-electron chi connectivity index (χ3n) is 6.36. The van der Waals surface area contributed by atoms with E-state index < -0.39 is 36.5 Å². The molecule has 0 bridgehead atoms. The lowest BCUT2D eigenvalue weighted by molar-refractivity contribution is -0.144. The second-order valence-electron chi connectivity index (χ2n) is 10.7. The van der Waals surface area contributed by atoms with Crippen LogP contribution in [-0.2, 0) is 19.1 Å². The van der Waals surface area contributed by atoms with Crippen molar-refractivity contribution in [1.29, 1.82) is 0 Å². The Labute approximate surface area is 250 Å². The SMILES string of the molecule is CC(C)=CC(=O)N/C=C/C(C)=C/[C@@H](C)[C@H]1C/C(C)=C\C=C\CCC[C@@H](OC(N)=O)[C@@H](O)[C@@H](O)/C=C/CC/C=C/C(=O)O1. The number of cyclic esters (lactones) is 1. The Kier molecular flexibility index (Phi) is 17.5. The first-order valence-corrected chi connectivity index (χ1v) is 14.4. The zero-order valence-electron chi connectivity index (χ0n) is 25.5. The molecule has 0 aromatic carbocycles. The van der Waals surface area contributed by atoms with Crippen LogP contribution in [0.2, 0.25) is 0 Å². The minimum atomic E-state index is -1.32. The van der Waals surface area contributed by atoms with Crippen molar-refractivity contribution in [3.63, 3.8) is 0 Å². The summed E-state index contributed by atoms with van der Waals surface area (Å²) in [4.78, 5) is 35.8. The van der Waals surface area contributed by atoms with Crippen LogP contribution < -0.4 is 11.1 Å². The standard InChI is InChI=1S/C33H48N2O7/c1-23(2)20-30(37)35-19-18-25(4)21-26(5)29-22-24(3)14-10-6-8-12-16-28(42-33(34)40)32(39)27(36)15-11-7-9-13-17-31(38)41-29/h6,10-11,13-15,17-21,26-29,32,36,39H,7-9,12,16,22H2,1-5H3,(H2,34,40)(H,35,37)/b10-6+,15-11+,17-13+,19-18+,24-14-,25-21+/t26-,27+,28-,29-,32+/m1/s1. The summed E-state index contributed by atoms with van der Waals surface area (Å²) in [6, 6.07) is 0. The summed E-state index contributed by atoms with van der Waals surface area (Å²) in [6.45, 7) is 9.58. The van der Waals surface area contributed by atoms with Crippen LogP contribution in [0.25, 0.3) is 0 Å². The quantitative estimate of drug-likeness (QED) is 0.145. The van der Waals surface area contributed by atoms with Gasteiger partial charge in [0.1, 0.15) is 24.4 Å². The number of esters is 1. The molecule has 0 saturated carbocycles. The first kappa shape index (κ1) is 36.3. The van der Waals surface area contributed by atoms with Crippen molar-refractivity contribution in [2.24, 2.45) is 11.7 Å². The number of nitrogens with two attached hydrogens (primary N) is 1. The number of rotatable bonds is 6. The first-order valence-electron chi connectivity index (χ1n) is 14.4. The van der Waals surface area contributed by atoms with Gasteiger partial charge in [0.2, 0.25) is 5.91 Å². The highest BCUT2D eigenvalue weighted by molar-refractivity contribution is 5.88. The van der Waals surface area contributed by atoms with E-state index in [-0.39, 0.29) is 11.8 Å². The summed E-state index contributed by atoms with van der Waals surface area (Å²) in [5, 5.41) is 23.5. The third-order valence-corrected chi connectivity index (χ3v) is 6.36. The number of hydrogen-bond acceptors (Lipinski definition) is 7. The van der Waals surface area contributed by atoms with Crippen molar-refractivity contribution in [3.05, 3.63) is 83.7 Å². The van der Waals surface area contributed by atoms with Gasteiger partial charge in [-0.25, -0.2) is 9.59 Å². The second kappa shape index (κ2) is 20.2. The molecule has 1 aliphatic rings. The van der Waals surface area contributed by atoms with Gasteiger partial charge in [0, 0.05) is 30.7 Å². The van der Waals surface area contributed by atoms with Crippen molar-refractivity contribution >= 4 is 18.0 Å². The van der Waals surface area contributed by atoms with E-state index in [4.69, 9.17) is 15.2 Å². The van der Waals surface area contributed by atoms with Crippen LogP contribution in [0.1, 0.15) is 73.1 Å². The topological polar surface area (TPSA) is 148 Å². The Bertz CT molecular complexity index is 1090. The largest absolute Gasteiger partial charge is 0.458 e. The zero-order valence-corrected chi connectivity index (χ0v) is 25.5. The van der Waals surface area contributed by atoms with Crippen molar-refractivity contribution in [3.8, 4) is 0 Å². The molecule has 0 aliphatic carbocycles. The summed E-state index contributed by atoms with van der Waals surface area (Å²) >= 11 is 0. The number of amides is 2. The summed E-state index contributed by atoms with van der Waals surface area (Å²) in [5.41, 5.74) is 8.00. The zero-order chi connectivity index (χ0) is 31.5. The fourth-order valence-electron chi connectivity index (χ4n) is 4.20. The van der Waals surface area contributed by atoms with Crippen LogP contribution in [0.15, 0.2) is 83.7 Å². The third kappa shape index (κ3) is 16.5. The Morgan fingerprint density at radius 2 is 1.86 bits per heavy atom. The predicted octanol–water partition coefficient (Wildman–Crippen LogP) is 5.23. The molecule has 0 radical (unpaired) electrons. The minimum absolute atomic E-state index is 0.108. The Morgan fingerprint density at radius 3 is 2.55 bits per heavy atom. The van der Waals surface area contributed by atoms with Crippen LogP contribution in [0.3, 0.4) is 0 Å². The molecule has 9 heteroatoms. The first-order chi connectivity index (χ1) is 19.9. The molecule has 0 fully saturated rings.